The van der Waals surface area contributed by atoms with Crippen LogP contribution in [-0.2, 0) is 26.9 Å². The van der Waals surface area contributed by atoms with Gasteiger partial charge in [-0.1, -0.05) is 76.2 Å². The van der Waals surface area contributed by atoms with Crippen molar-refractivity contribution in [2.24, 2.45) is 5.92 Å². The molecule has 7 rings (SSSR count). The van der Waals surface area contributed by atoms with Gasteiger partial charge in [0.05, 0.1) is 26.8 Å². The highest BCUT2D eigenvalue weighted by Gasteiger charge is 2.41. The highest BCUT2D eigenvalue weighted by atomic mass is 127. The van der Waals surface area contributed by atoms with Gasteiger partial charge in [-0.15, -0.1) is 0 Å². The number of para-hydroxylation sites is 2. The molecule has 0 N–H and O–H groups in total. The van der Waals surface area contributed by atoms with Crippen molar-refractivity contribution in [3.8, 4) is 5.75 Å². The molecule has 3 aliphatic heterocycles. The minimum absolute atomic E-state index is 0. The molecule has 10 heteroatoms. The van der Waals surface area contributed by atoms with Crippen LogP contribution in [0.4, 0.5) is 11.4 Å². The van der Waals surface area contributed by atoms with Crippen LogP contribution < -0.4 is 38.5 Å². The number of esters is 1. The van der Waals surface area contributed by atoms with Crippen molar-refractivity contribution in [2.45, 2.75) is 91.5 Å². The minimum Gasteiger partial charge on any atom is -1.00 e. The van der Waals surface area contributed by atoms with E-state index in [1.165, 1.54) is 57.9 Å². The second kappa shape index (κ2) is 19.7. The van der Waals surface area contributed by atoms with Crippen LogP contribution in [0.3, 0.4) is 0 Å². The van der Waals surface area contributed by atoms with Gasteiger partial charge in [-0.2, -0.15) is 0 Å². The second-order valence-corrected chi connectivity index (χ2v) is 19.4. The predicted molar refractivity (Wildman–Crippen MR) is 255 cm³/mol. The molecule has 0 radical (unpaired) electrons. The number of hydrogen-bond donors (Lipinski definition) is 0. The first kappa shape index (κ1) is 46.1. The number of anilines is 2. The maximum atomic E-state index is 12.0. The van der Waals surface area contributed by atoms with E-state index >= 15 is 0 Å². The second-order valence-electron chi connectivity index (χ2n) is 17.1. The average molecular weight is 1130 g/mol. The molecule has 0 aromatic heterocycles. The third kappa shape index (κ3) is 9.50. The number of benzene rings is 3. The van der Waals surface area contributed by atoms with Crippen LogP contribution in [0.25, 0.3) is 0 Å². The molecule has 1 saturated carbocycles. The number of likely N-dealkylation sites (N-methyl/N-ethyl adjacent to an activating group) is 2. The Hall–Kier alpha value is -2.43. The van der Waals surface area contributed by atoms with E-state index in [1.54, 1.807) is 5.71 Å². The molecule has 0 bridgehead atoms. The molecule has 0 amide bonds. The van der Waals surface area contributed by atoms with E-state index in [-0.39, 0.29) is 47.4 Å². The van der Waals surface area contributed by atoms with Crippen molar-refractivity contribution in [1.29, 1.82) is 0 Å². The Bertz CT molecular complexity index is 2120. The zero-order chi connectivity index (χ0) is 41.2. The number of nitrogens with zero attached hydrogens (tertiary/aromatic N) is 4. The largest absolute Gasteiger partial charge is 1.00 e. The maximum Gasteiger partial charge on any atom is 0.344 e. The van der Waals surface area contributed by atoms with Crippen LogP contribution in [0.15, 0.2) is 95.9 Å². The summed E-state index contributed by atoms with van der Waals surface area (Å²) in [4.78, 5) is 19.6. The smallest absolute Gasteiger partial charge is 0.344 e. The van der Waals surface area contributed by atoms with Crippen molar-refractivity contribution < 1.29 is 42.8 Å². The Balaban J connectivity index is 0.00000585. The van der Waals surface area contributed by atoms with Crippen molar-refractivity contribution in [3.63, 3.8) is 0 Å². The molecule has 7 nitrogen and oxygen atoms in total. The van der Waals surface area contributed by atoms with Gasteiger partial charge in [0.15, 0.2) is 25.4 Å². The number of carbonyl (C=O) groups is 1. The lowest BCUT2D eigenvalue weighted by molar-refractivity contribution is -0.542. The molecule has 3 heterocycles. The fraction of sp³-hybridized carbons (Fsp3) is 0.469. The monoisotopic (exact) mass is 1130 g/mol. The van der Waals surface area contributed by atoms with E-state index in [4.69, 9.17) is 9.47 Å². The summed E-state index contributed by atoms with van der Waals surface area (Å²) < 4.78 is 15.7. The SMILES string of the molecule is CCOC(=O)COc1c(I)cc(CN2CC[N+](=C3C(=CC=C4N(CC)c5ccccc5C4(C)C)CCCC3C/C=C3/N(CC)c4ccccc4C3(C)C)CC2)cc1I.[I-]. The zero-order valence-corrected chi connectivity index (χ0v) is 42.4. The topological polar surface area (TPSA) is 48.3 Å². The molecule has 4 aliphatic rings. The molecular weight excluding hydrogens is 1070 g/mol. The van der Waals surface area contributed by atoms with Gasteiger partial charge in [0.1, 0.15) is 5.75 Å². The van der Waals surface area contributed by atoms with Crippen molar-refractivity contribution in [3.05, 3.63) is 120 Å². The van der Waals surface area contributed by atoms with Gasteiger partial charge in [-0.05, 0) is 139 Å². The predicted octanol–water partition coefficient (Wildman–Crippen LogP) is 7.63. The molecule has 1 unspecified atom stereocenters. The highest BCUT2D eigenvalue weighted by molar-refractivity contribution is 14.1. The Morgan fingerprint density at radius 1 is 0.847 bits per heavy atom. The number of rotatable bonds is 11. The molecule has 316 valence electrons. The normalized spacial score (nSPS) is 21.8. The molecule has 2 fully saturated rings. The van der Waals surface area contributed by atoms with E-state index in [1.807, 2.05) is 6.92 Å². The van der Waals surface area contributed by atoms with E-state index in [0.29, 0.717) is 12.5 Å². The third-order valence-electron chi connectivity index (χ3n) is 12.8. The first-order chi connectivity index (χ1) is 27.9. The van der Waals surface area contributed by atoms with Gasteiger partial charge in [-0.25, -0.2) is 9.37 Å². The summed E-state index contributed by atoms with van der Waals surface area (Å²) in [6.07, 6.45) is 12.2. The van der Waals surface area contributed by atoms with E-state index in [2.05, 4.69) is 185 Å². The van der Waals surface area contributed by atoms with Crippen molar-refractivity contribution >= 4 is 68.2 Å². The summed E-state index contributed by atoms with van der Waals surface area (Å²) in [5, 5.41) is 0. The number of piperazine rings is 1. The van der Waals surface area contributed by atoms with E-state index in [9.17, 15) is 4.79 Å². The summed E-state index contributed by atoms with van der Waals surface area (Å²) in [6.45, 7) is 23.1. The van der Waals surface area contributed by atoms with Crippen molar-refractivity contribution in [1.82, 2.24) is 4.90 Å². The summed E-state index contributed by atoms with van der Waals surface area (Å²) >= 11 is 4.66. The summed E-state index contributed by atoms with van der Waals surface area (Å²) in [5.41, 5.74) is 12.7. The van der Waals surface area contributed by atoms with Gasteiger partial charge in [-0.3, -0.25) is 4.90 Å². The fourth-order valence-electron chi connectivity index (χ4n) is 9.97. The Labute approximate surface area is 397 Å². The first-order valence-electron chi connectivity index (χ1n) is 21.4. The molecule has 1 aliphatic carbocycles. The fourth-order valence-corrected chi connectivity index (χ4v) is 12.2. The molecule has 3 aromatic rings. The Kier molecular flexibility index (Phi) is 15.4. The van der Waals surface area contributed by atoms with Crippen LogP contribution >= 0.6 is 45.2 Å². The lowest BCUT2D eigenvalue weighted by Gasteiger charge is -2.31. The minimum atomic E-state index is -0.341. The van der Waals surface area contributed by atoms with Gasteiger partial charge >= 0.3 is 5.97 Å². The molecule has 0 spiro atoms. The van der Waals surface area contributed by atoms with Crippen LogP contribution in [-0.4, -0.2) is 73.6 Å². The number of ether oxygens (including phenoxy) is 2. The number of carbonyl (C=O) groups excluding carboxylic acids is 1. The van der Waals surface area contributed by atoms with Crippen LogP contribution in [0.1, 0.15) is 90.8 Å². The molecule has 1 saturated heterocycles. The van der Waals surface area contributed by atoms with Crippen LogP contribution in [0, 0.1) is 13.1 Å². The number of halogens is 3. The molecule has 59 heavy (non-hydrogen) atoms. The van der Waals surface area contributed by atoms with Gasteiger partial charge < -0.3 is 43.3 Å². The summed E-state index contributed by atoms with van der Waals surface area (Å²) in [6, 6.07) is 22.4. The third-order valence-corrected chi connectivity index (χ3v) is 14.4. The van der Waals surface area contributed by atoms with Gasteiger partial charge in [0.2, 0.25) is 0 Å². The Morgan fingerprint density at radius 3 is 2.02 bits per heavy atom. The van der Waals surface area contributed by atoms with Crippen LogP contribution in [0.5, 0.6) is 5.75 Å². The van der Waals surface area contributed by atoms with Gasteiger partial charge in [0, 0.05) is 64.7 Å². The zero-order valence-electron chi connectivity index (χ0n) is 35.9. The maximum absolute atomic E-state index is 12.0. The average Bonchev–Trinajstić information content (AvgIpc) is 3.57. The number of fused-ring (bicyclic) bond motifs is 2. The lowest BCUT2D eigenvalue weighted by atomic mass is 9.78. The summed E-state index contributed by atoms with van der Waals surface area (Å²) in [5.74, 6) is 0.884. The van der Waals surface area contributed by atoms with E-state index in [0.717, 1.165) is 71.5 Å². The van der Waals surface area contributed by atoms with Crippen LogP contribution in [0.2, 0.25) is 0 Å². The van der Waals surface area contributed by atoms with E-state index < -0.39 is 0 Å². The first-order valence-corrected chi connectivity index (χ1v) is 23.5. The number of allylic oxidation sites excluding steroid dienone is 6. The standard InChI is InChI=1S/C49H61I2N4O3.HI/c1-8-54-41-20-13-11-18-37(41)48(4,5)43(54)24-22-35-16-15-17-36(23-25-44-49(6,7)38-19-12-14-21-42(38)55(44)9-2)46(35)53-28-26-52(27-29-53)32-34-30-39(50)47(40(51)31-34)58-33-45(56)57-10-3;/h11-14,18-22,24-25,30-31,36H,8-10,15-17,23,26-29,32-33H2,1-7H3;1H/q+1;/p-1/b44-25+;. The summed E-state index contributed by atoms with van der Waals surface area (Å²) in [7, 11) is 0. The quantitative estimate of drug-likeness (QED) is 0.112. The van der Waals surface area contributed by atoms with Crippen molar-refractivity contribution in [2.75, 3.05) is 62.3 Å². The lowest BCUT2D eigenvalue weighted by Crippen LogP contribution is -3.00. The highest BCUT2D eigenvalue weighted by Crippen LogP contribution is 2.49. The molecular formula is C49H61I3N4O3. The van der Waals surface area contributed by atoms with Gasteiger partial charge in [0.25, 0.3) is 0 Å². The Morgan fingerprint density at radius 2 is 1.42 bits per heavy atom. The number of hydrogen-bond acceptors (Lipinski definition) is 6. The molecule has 1 atom stereocenters. The molecule has 3 aromatic carbocycles.